The summed E-state index contributed by atoms with van der Waals surface area (Å²) in [7, 11) is 0. The monoisotopic (exact) mass is 289 g/mol. The molecule has 1 aromatic heterocycles. The third-order valence-corrected chi connectivity index (χ3v) is 2.82. The predicted octanol–water partition coefficient (Wildman–Crippen LogP) is 1.53. The normalized spacial score (nSPS) is 12.1. The van der Waals surface area contributed by atoms with Crippen LogP contribution >= 0.6 is 0 Å². The zero-order chi connectivity index (χ0) is 14.9. The maximum atomic E-state index is 9.78. The van der Waals surface area contributed by atoms with E-state index in [1.807, 2.05) is 30.3 Å². The number of benzene rings is 1. The molecule has 2 N–H and O–H groups in total. The highest BCUT2D eigenvalue weighted by atomic mass is 16.5. The molecule has 0 radical (unpaired) electrons. The Morgan fingerprint density at radius 1 is 1.05 bits per heavy atom. The summed E-state index contributed by atoms with van der Waals surface area (Å²) < 4.78 is 10.8. The molecule has 21 heavy (non-hydrogen) atoms. The number of hydrogen-bond donors (Lipinski definition) is 2. The van der Waals surface area contributed by atoms with Gasteiger partial charge in [0.25, 0.3) is 0 Å². The fourth-order valence-corrected chi connectivity index (χ4v) is 1.72. The van der Waals surface area contributed by atoms with Crippen molar-refractivity contribution in [2.45, 2.75) is 19.3 Å². The lowest BCUT2D eigenvalue weighted by atomic mass is 10.2. The molecule has 0 bridgehead atoms. The first-order valence-corrected chi connectivity index (χ1v) is 6.76. The molecule has 0 saturated carbocycles. The standard InChI is InChI=1S/C16H19NO4/c18-9-14-6-7-16(8-17-14)21-12-15(19)11-20-10-13-4-2-1-3-5-13/h1-8,15,18-19H,9-12H2. The smallest absolute Gasteiger partial charge is 0.137 e. The number of aromatic nitrogens is 1. The zero-order valence-corrected chi connectivity index (χ0v) is 11.7. The van der Waals surface area contributed by atoms with Crippen LogP contribution in [0, 0.1) is 0 Å². The molecule has 0 aliphatic rings. The number of rotatable bonds is 8. The summed E-state index contributed by atoms with van der Waals surface area (Å²) >= 11 is 0. The van der Waals surface area contributed by atoms with E-state index in [1.54, 1.807) is 12.1 Å². The van der Waals surface area contributed by atoms with Crippen LogP contribution in [0.25, 0.3) is 0 Å². The average molecular weight is 289 g/mol. The van der Waals surface area contributed by atoms with E-state index < -0.39 is 6.10 Å². The largest absolute Gasteiger partial charge is 0.489 e. The summed E-state index contributed by atoms with van der Waals surface area (Å²) in [6.07, 6.45) is 0.814. The zero-order valence-electron chi connectivity index (χ0n) is 11.7. The highest BCUT2D eigenvalue weighted by molar-refractivity contribution is 5.19. The van der Waals surface area contributed by atoms with Crippen molar-refractivity contribution in [1.82, 2.24) is 4.98 Å². The minimum absolute atomic E-state index is 0.101. The van der Waals surface area contributed by atoms with Crippen LogP contribution in [0.3, 0.4) is 0 Å². The molecule has 0 fully saturated rings. The Labute approximate surface area is 123 Å². The van der Waals surface area contributed by atoms with Gasteiger partial charge in [-0.3, -0.25) is 4.98 Å². The van der Waals surface area contributed by atoms with Crippen molar-refractivity contribution in [3.8, 4) is 5.75 Å². The molecule has 1 aromatic carbocycles. The van der Waals surface area contributed by atoms with Gasteiger partial charge in [0, 0.05) is 0 Å². The molecule has 0 spiro atoms. The molecule has 1 unspecified atom stereocenters. The van der Waals surface area contributed by atoms with Crippen LogP contribution in [-0.2, 0) is 18.0 Å². The van der Waals surface area contributed by atoms with E-state index in [1.165, 1.54) is 6.20 Å². The van der Waals surface area contributed by atoms with Crippen LogP contribution in [-0.4, -0.2) is 34.5 Å². The Hall–Kier alpha value is -1.95. The van der Waals surface area contributed by atoms with E-state index in [0.717, 1.165) is 5.56 Å². The lowest BCUT2D eigenvalue weighted by Crippen LogP contribution is -2.23. The molecule has 1 atom stereocenters. The molecule has 0 amide bonds. The molecule has 0 saturated heterocycles. The van der Waals surface area contributed by atoms with E-state index in [2.05, 4.69) is 4.98 Å². The van der Waals surface area contributed by atoms with Gasteiger partial charge in [0.15, 0.2) is 0 Å². The Morgan fingerprint density at radius 3 is 2.52 bits per heavy atom. The number of hydrogen-bond acceptors (Lipinski definition) is 5. The van der Waals surface area contributed by atoms with Gasteiger partial charge < -0.3 is 19.7 Å². The Morgan fingerprint density at radius 2 is 1.86 bits per heavy atom. The van der Waals surface area contributed by atoms with Gasteiger partial charge in [-0.1, -0.05) is 30.3 Å². The van der Waals surface area contributed by atoms with Gasteiger partial charge in [0.05, 0.1) is 31.7 Å². The van der Waals surface area contributed by atoms with E-state index >= 15 is 0 Å². The van der Waals surface area contributed by atoms with Gasteiger partial charge in [-0.05, 0) is 17.7 Å². The lowest BCUT2D eigenvalue weighted by Gasteiger charge is -2.12. The Balaban J connectivity index is 1.66. The van der Waals surface area contributed by atoms with Crippen LogP contribution in [0.15, 0.2) is 48.7 Å². The second-order valence-corrected chi connectivity index (χ2v) is 4.61. The molecule has 112 valence electrons. The van der Waals surface area contributed by atoms with E-state index in [0.29, 0.717) is 18.1 Å². The summed E-state index contributed by atoms with van der Waals surface area (Å²) in [5.74, 6) is 0.550. The summed E-state index contributed by atoms with van der Waals surface area (Å²) in [4.78, 5) is 3.99. The van der Waals surface area contributed by atoms with Gasteiger partial charge in [-0.25, -0.2) is 0 Å². The van der Waals surface area contributed by atoms with Crippen molar-refractivity contribution >= 4 is 0 Å². The highest BCUT2D eigenvalue weighted by Crippen LogP contribution is 2.09. The SMILES string of the molecule is OCc1ccc(OCC(O)COCc2ccccc2)cn1. The number of ether oxygens (including phenoxy) is 2. The summed E-state index contributed by atoms with van der Waals surface area (Å²) in [5, 5.41) is 18.7. The fraction of sp³-hybridized carbons (Fsp3) is 0.312. The van der Waals surface area contributed by atoms with Crippen molar-refractivity contribution in [3.05, 3.63) is 59.9 Å². The summed E-state index contributed by atoms with van der Waals surface area (Å²) in [6, 6.07) is 13.2. The van der Waals surface area contributed by atoms with Crippen molar-refractivity contribution in [1.29, 1.82) is 0 Å². The molecular weight excluding hydrogens is 270 g/mol. The van der Waals surface area contributed by atoms with Gasteiger partial charge in [-0.2, -0.15) is 0 Å². The molecule has 5 nitrogen and oxygen atoms in total. The Kier molecular flexibility index (Phi) is 6.15. The number of pyridine rings is 1. The second kappa shape index (κ2) is 8.36. The maximum absolute atomic E-state index is 9.78. The highest BCUT2D eigenvalue weighted by Gasteiger charge is 2.06. The molecule has 2 aromatic rings. The van der Waals surface area contributed by atoms with Crippen LogP contribution in [0.1, 0.15) is 11.3 Å². The van der Waals surface area contributed by atoms with Crippen molar-refractivity contribution in [3.63, 3.8) is 0 Å². The molecule has 5 heteroatoms. The van der Waals surface area contributed by atoms with Crippen molar-refractivity contribution in [2.24, 2.45) is 0 Å². The minimum atomic E-state index is -0.703. The molecule has 0 aliphatic heterocycles. The van der Waals surface area contributed by atoms with Crippen LogP contribution < -0.4 is 4.74 Å². The minimum Gasteiger partial charge on any atom is -0.489 e. The summed E-state index contributed by atoms with van der Waals surface area (Å²) in [5.41, 5.74) is 1.64. The number of aliphatic hydroxyl groups excluding tert-OH is 2. The number of nitrogens with zero attached hydrogens (tertiary/aromatic N) is 1. The van der Waals surface area contributed by atoms with Gasteiger partial charge in [0.1, 0.15) is 18.5 Å². The predicted molar refractivity (Wildman–Crippen MR) is 77.8 cm³/mol. The maximum Gasteiger partial charge on any atom is 0.137 e. The lowest BCUT2D eigenvalue weighted by molar-refractivity contribution is 0.00542. The quantitative estimate of drug-likeness (QED) is 0.771. The van der Waals surface area contributed by atoms with Crippen LogP contribution in [0.2, 0.25) is 0 Å². The Bertz CT molecular complexity index is 516. The topological polar surface area (TPSA) is 71.8 Å². The first-order valence-electron chi connectivity index (χ1n) is 6.76. The van der Waals surface area contributed by atoms with E-state index in [4.69, 9.17) is 14.6 Å². The molecule has 0 aliphatic carbocycles. The van der Waals surface area contributed by atoms with Crippen molar-refractivity contribution < 1.29 is 19.7 Å². The van der Waals surface area contributed by atoms with Crippen LogP contribution in [0.5, 0.6) is 5.75 Å². The molecule has 1 heterocycles. The second-order valence-electron chi connectivity index (χ2n) is 4.61. The van der Waals surface area contributed by atoms with Crippen LogP contribution in [0.4, 0.5) is 0 Å². The van der Waals surface area contributed by atoms with Gasteiger partial charge in [0.2, 0.25) is 0 Å². The molecule has 2 rings (SSSR count). The fourth-order valence-electron chi connectivity index (χ4n) is 1.72. The van der Waals surface area contributed by atoms with E-state index in [9.17, 15) is 5.11 Å². The third-order valence-electron chi connectivity index (χ3n) is 2.82. The van der Waals surface area contributed by atoms with Crippen molar-refractivity contribution in [2.75, 3.05) is 13.2 Å². The van der Waals surface area contributed by atoms with Gasteiger partial charge >= 0.3 is 0 Å². The third kappa shape index (κ3) is 5.51. The molecular formula is C16H19NO4. The first kappa shape index (κ1) is 15.4. The van der Waals surface area contributed by atoms with E-state index in [-0.39, 0.29) is 19.8 Å². The average Bonchev–Trinajstić information content (AvgIpc) is 2.54. The van der Waals surface area contributed by atoms with Gasteiger partial charge in [-0.15, -0.1) is 0 Å². The summed E-state index contributed by atoms with van der Waals surface area (Å²) in [6.45, 7) is 0.701. The first-order chi connectivity index (χ1) is 10.3. The number of aliphatic hydroxyl groups is 2.